The Labute approximate surface area is 121 Å². The second kappa shape index (κ2) is 4.87. The van der Waals surface area contributed by atoms with Crippen LogP contribution in [0, 0.1) is 13.8 Å². The molecule has 102 valence electrons. The van der Waals surface area contributed by atoms with Crippen molar-refractivity contribution in [2.45, 2.75) is 20.3 Å². The number of Topliss-reactive ketones (excluding diaryl/α,β-unsaturated/α-hetero) is 1. The van der Waals surface area contributed by atoms with Crippen molar-refractivity contribution in [1.82, 2.24) is 0 Å². The molecule has 0 unspecified atom stereocenters. The van der Waals surface area contributed by atoms with Crippen molar-refractivity contribution in [2.75, 3.05) is 11.4 Å². The van der Waals surface area contributed by atoms with Crippen molar-refractivity contribution < 1.29 is 9.59 Å². The summed E-state index contributed by atoms with van der Waals surface area (Å²) in [5.41, 5.74) is 4.67. The van der Waals surface area contributed by atoms with Crippen LogP contribution in [-0.2, 0) is 11.2 Å². The molecular formula is C16H15NO2S. The molecule has 0 spiro atoms. The molecule has 0 aliphatic carbocycles. The fourth-order valence-corrected chi connectivity index (χ4v) is 3.26. The quantitative estimate of drug-likeness (QED) is 0.812. The molecule has 0 bridgehead atoms. The maximum absolute atomic E-state index is 12.2. The van der Waals surface area contributed by atoms with Crippen LogP contribution in [0.2, 0.25) is 0 Å². The van der Waals surface area contributed by atoms with Crippen molar-refractivity contribution in [1.29, 1.82) is 0 Å². The fourth-order valence-electron chi connectivity index (χ4n) is 2.56. The molecule has 0 radical (unpaired) electrons. The summed E-state index contributed by atoms with van der Waals surface area (Å²) in [6, 6.07) is 5.72. The molecule has 3 rings (SSSR count). The van der Waals surface area contributed by atoms with Crippen molar-refractivity contribution in [2.24, 2.45) is 0 Å². The SMILES string of the molecule is Cc1ccc2c(c1C)N(CCc1ccsc1)C(=O)C2=O. The molecule has 4 heteroatoms. The van der Waals surface area contributed by atoms with Gasteiger partial charge in [0.15, 0.2) is 0 Å². The zero-order valence-electron chi connectivity index (χ0n) is 11.5. The summed E-state index contributed by atoms with van der Waals surface area (Å²) in [6.07, 6.45) is 0.773. The minimum absolute atomic E-state index is 0.381. The minimum Gasteiger partial charge on any atom is -0.304 e. The Kier molecular flexibility index (Phi) is 3.18. The van der Waals surface area contributed by atoms with E-state index in [4.69, 9.17) is 0 Å². The predicted molar refractivity (Wildman–Crippen MR) is 80.6 cm³/mol. The van der Waals surface area contributed by atoms with E-state index >= 15 is 0 Å². The van der Waals surface area contributed by atoms with E-state index in [-0.39, 0.29) is 5.78 Å². The number of anilines is 1. The molecule has 1 aromatic heterocycles. The van der Waals surface area contributed by atoms with E-state index < -0.39 is 5.91 Å². The first-order valence-electron chi connectivity index (χ1n) is 6.57. The monoisotopic (exact) mass is 285 g/mol. The Morgan fingerprint density at radius 3 is 2.65 bits per heavy atom. The van der Waals surface area contributed by atoms with Gasteiger partial charge in [0.2, 0.25) is 0 Å². The van der Waals surface area contributed by atoms with E-state index in [1.165, 1.54) is 5.56 Å². The molecule has 2 heterocycles. The highest BCUT2D eigenvalue weighted by molar-refractivity contribution is 7.07. The predicted octanol–water partition coefficient (Wildman–Crippen LogP) is 3.14. The van der Waals surface area contributed by atoms with Gasteiger partial charge in [0.1, 0.15) is 0 Å². The number of hydrogen-bond donors (Lipinski definition) is 0. The van der Waals surface area contributed by atoms with Gasteiger partial charge in [-0.1, -0.05) is 6.07 Å². The summed E-state index contributed by atoms with van der Waals surface area (Å²) >= 11 is 1.64. The highest BCUT2D eigenvalue weighted by Gasteiger charge is 2.36. The molecule has 0 atom stereocenters. The minimum atomic E-state index is -0.399. The first kappa shape index (κ1) is 13.1. The smallest absolute Gasteiger partial charge is 0.299 e. The number of ketones is 1. The average molecular weight is 285 g/mol. The Balaban J connectivity index is 1.95. The Bertz CT molecular complexity index is 689. The van der Waals surface area contributed by atoms with E-state index in [1.807, 2.05) is 25.3 Å². The van der Waals surface area contributed by atoms with Crippen LogP contribution in [-0.4, -0.2) is 18.2 Å². The fraction of sp³-hybridized carbons (Fsp3) is 0.250. The van der Waals surface area contributed by atoms with Gasteiger partial charge < -0.3 is 4.90 Å². The van der Waals surface area contributed by atoms with Crippen molar-refractivity contribution >= 4 is 28.7 Å². The number of benzene rings is 1. The largest absolute Gasteiger partial charge is 0.304 e. The van der Waals surface area contributed by atoms with Gasteiger partial charge in [0.05, 0.1) is 11.3 Å². The molecule has 2 aromatic rings. The topological polar surface area (TPSA) is 37.4 Å². The van der Waals surface area contributed by atoms with Crippen LogP contribution < -0.4 is 4.90 Å². The van der Waals surface area contributed by atoms with Gasteiger partial charge in [-0.3, -0.25) is 9.59 Å². The summed E-state index contributed by atoms with van der Waals surface area (Å²) in [5, 5.41) is 4.10. The van der Waals surface area contributed by atoms with Crippen LogP contribution in [0.25, 0.3) is 0 Å². The normalized spacial score (nSPS) is 14.0. The van der Waals surface area contributed by atoms with Gasteiger partial charge in [0, 0.05) is 6.54 Å². The van der Waals surface area contributed by atoms with Crippen LogP contribution >= 0.6 is 11.3 Å². The number of fused-ring (bicyclic) bond motifs is 1. The average Bonchev–Trinajstić information content (AvgIpc) is 3.02. The van der Waals surface area contributed by atoms with Gasteiger partial charge >= 0.3 is 0 Å². The lowest BCUT2D eigenvalue weighted by Gasteiger charge is -2.19. The van der Waals surface area contributed by atoms with Crippen LogP contribution in [0.15, 0.2) is 29.0 Å². The highest BCUT2D eigenvalue weighted by atomic mass is 32.1. The van der Waals surface area contributed by atoms with Crippen LogP contribution in [0.1, 0.15) is 27.0 Å². The molecule has 0 N–H and O–H groups in total. The van der Waals surface area contributed by atoms with Crippen molar-refractivity contribution in [3.05, 3.63) is 51.2 Å². The number of aryl methyl sites for hydroxylation is 1. The van der Waals surface area contributed by atoms with Gasteiger partial charge in [-0.25, -0.2) is 0 Å². The molecule has 0 saturated heterocycles. The van der Waals surface area contributed by atoms with Gasteiger partial charge in [-0.15, -0.1) is 0 Å². The Hall–Kier alpha value is -1.94. The van der Waals surface area contributed by atoms with Gasteiger partial charge in [-0.05, 0) is 59.9 Å². The van der Waals surface area contributed by atoms with E-state index in [0.29, 0.717) is 12.1 Å². The maximum Gasteiger partial charge on any atom is 0.299 e. The van der Waals surface area contributed by atoms with E-state index in [0.717, 1.165) is 23.2 Å². The first-order valence-corrected chi connectivity index (χ1v) is 7.51. The Morgan fingerprint density at radius 1 is 1.15 bits per heavy atom. The van der Waals surface area contributed by atoms with Crippen LogP contribution in [0.4, 0.5) is 5.69 Å². The van der Waals surface area contributed by atoms with Crippen LogP contribution in [0.5, 0.6) is 0 Å². The maximum atomic E-state index is 12.2. The third-order valence-corrected chi connectivity index (χ3v) is 4.59. The van der Waals surface area contributed by atoms with E-state index in [2.05, 4.69) is 11.4 Å². The summed E-state index contributed by atoms with van der Waals surface area (Å²) in [5.74, 6) is -0.780. The second-order valence-corrected chi connectivity index (χ2v) is 5.85. The summed E-state index contributed by atoms with van der Waals surface area (Å²) < 4.78 is 0. The summed E-state index contributed by atoms with van der Waals surface area (Å²) in [7, 11) is 0. The number of hydrogen-bond acceptors (Lipinski definition) is 3. The van der Waals surface area contributed by atoms with Crippen LogP contribution in [0.3, 0.4) is 0 Å². The molecule has 1 aliphatic heterocycles. The lowest BCUT2D eigenvalue weighted by Crippen LogP contribution is -2.32. The highest BCUT2D eigenvalue weighted by Crippen LogP contribution is 2.34. The van der Waals surface area contributed by atoms with E-state index in [1.54, 1.807) is 22.3 Å². The molecule has 0 saturated carbocycles. The van der Waals surface area contributed by atoms with E-state index in [9.17, 15) is 9.59 Å². The summed E-state index contributed by atoms with van der Waals surface area (Å²) in [6.45, 7) is 4.52. The third kappa shape index (κ3) is 1.96. The lowest BCUT2D eigenvalue weighted by molar-refractivity contribution is -0.114. The zero-order chi connectivity index (χ0) is 14.3. The number of rotatable bonds is 3. The molecule has 20 heavy (non-hydrogen) atoms. The standard InChI is InChI=1S/C16H15NO2S/c1-10-3-4-13-14(11(10)2)17(16(19)15(13)18)7-5-12-6-8-20-9-12/h3-4,6,8-9H,5,7H2,1-2H3. The first-order chi connectivity index (χ1) is 9.59. The number of amides is 1. The molecule has 1 aliphatic rings. The third-order valence-electron chi connectivity index (χ3n) is 3.86. The molecule has 1 amide bonds. The molecule has 0 fully saturated rings. The molecule has 1 aromatic carbocycles. The Morgan fingerprint density at radius 2 is 1.95 bits per heavy atom. The molecular weight excluding hydrogens is 270 g/mol. The van der Waals surface area contributed by atoms with Crippen molar-refractivity contribution in [3.8, 4) is 0 Å². The van der Waals surface area contributed by atoms with Gasteiger partial charge in [-0.2, -0.15) is 11.3 Å². The number of thiophene rings is 1. The zero-order valence-corrected chi connectivity index (χ0v) is 12.3. The number of nitrogens with zero attached hydrogens (tertiary/aromatic N) is 1. The van der Waals surface area contributed by atoms with Gasteiger partial charge in [0.25, 0.3) is 11.7 Å². The second-order valence-electron chi connectivity index (χ2n) is 5.07. The summed E-state index contributed by atoms with van der Waals surface area (Å²) in [4.78, 5) is 25.8. The lowest BCUT2D eigenvalue weighted by atomic mass is 10.0. The molecule has 3 nitrogen and oxygen atoms in total. The number of carbonyl (C=O) groups is 2. The number of carbonyl (C=O) groups excluding carboxylic acids is 2. The van der Waals surface area contributed by atoms with Crippen molar-refractivity contribution in [3.63, 3.8) is 0 Å².